The highest BCUT2D eigenvalue weighted by atomic mass is 16.7. The summed E-state index contributed by atoms with van der Waals surface area (Å²) >= 11 is 0. The molecule has 0 spiro atoms. The molecule has 0 bridgehead atoms. The van der Waals surface area contributed by atoms with Crippen molar-refractivity contribution in [3.63, 3.8) is 0 Å². The zero-order valence-corrected chi connectivity index (χ0v) is 13.7. The standard InChI is InChI=1S/C14H16N4O7/c1-7(19)22-5-10-12(23-8(2)20)13(24-9(3)21)14(25-10)18-6-16-11(4-15)17-18/h6,10,12-14H,5H2,1-3H3/t10-,12?,13+,14-/m1/s1. The van der Waals surface area contributed by atoms with E-state index in [1.54, 1.807) is 6.07 Å². The molecule has 25 heavy (non-hydrogen) atoms. The van der Waals surface area contributed by atoms with Crippen LogP contribution in [0.4, 0.5) is 0 Å². The molecule has 1 aromatic rings. The van der Waals surface area contributed by atoms with Gasteiger partial charge >= 0.3 is 17.9 Å². The third-order valence-electron chi connectivity index (χ3n) is 3.21. The monoisotopic (exact) mass is 352 g/mol. The van der Waals surface area contributed by atoms with E-state index in [-0.39, 0.29) is 12.4 Å². The van der Waals surface area contributed by atoms with Gasteiger partial charge in [0.05, 0.1) is 0 Å². The maximum absolute atomic E-state index is 11.4. The van der Waals surface area contributed by atoms with Gasteiger partial charge in [-0.15, -0.1) is 5.10 Å². The first kappa shape index (κ1) is 18.3. The molecule has 1 aromatic heterocycles. The molecule has 11 heteroatoms. The van der Waals surface area contributed by atoms with Crippen LogP contribution in [0.25, 0.3) is 0 Å². The highest BCUT2D eigenvalue weighted by Crippen LogP contribution is 2.33. The van der Waals surface area contributed by atoms with Gasteiger partial charge in [-0.2, -0.15) is 5.26 Å². The quantitative estimate of drug-likeness (QED) is 0.501. The van der Waals surface area contributed by atoms with E-state index in [9.17, 15) is 14.4 Å². The number of hydrogen-bond donors (Lipinski definition) is 0. The minimum Gasteiger partial charge on any atom is -0.463 e. The molecule has 2 heterocycles. The SMILES string of the molecule is CC(=O)OC[C@H]1O[C@@H](n2cnc(C#N)n2)[C@@H](OC(C)=O)C1OC(C)=O. The fourth-order valence-corrected chi connectivity index (χ4v) is 2.35. The number of carbonyl (C=O) groups excluding carboxylic acids is 3. The van der Waals surface area contributed by atoms with Crippen molar-refractivity contribution in [1.82, 2.24) is 14.8 Å². The van der Waals surface area contributed by atoms with Gasteiger partial charge < -0.3 is 18.9 Å². The van der Waals surface area contributed by atoms with E-state index in [1.165, 1.54) is 31.8 Å². The Kier molecular flexibility index (Phi) is 5.66. The summed E-state index contributed by atoms with van der Waals surface area (Å²) in [7, 11) is 0. The lowest BCUT2D eigenvalue weighted by Gasteiger charge is -2.23. The van der Waals surface area contributed by atoms with Gasteiger partial charge in [-0.3, -0.25) is 14.4 Å². The van der Waals surface area contributed by atoms with Crippen LogP contribution in [-0.2, 0) is 33.3 Å². The fraction of sp³-hybridized carbons (Fsp3) is 0.571. The van der Waals surface area contributed by atoms with Crippen LogP contribution in [-0.4, -0.2) is 57.6 Å². The Balaban J connectivity index is 2.32. The van der Waals surface area contributed by atoms with E-state index in [4.69, 9.17) is 24.2 Å². The van der Waals surface area contributed by atoms with Crippen molar-refractivity contribution in [3.05, 3.63) is 12.2 Å². The summed E-state index contributed by atoms with van der Waals surface area (Å²) in [6.07, 6.45) is -2.77. The van der Waals surface area contributed by atoms with Crippen LogP contribution in [0.3, 0.4) is 0 Å². The molecule has 1 aliphatic rings. The number of aromatic nitrogens is 3. The Morgan fingerprint density at radius 3 is 2.36 bits per heavy atom. The van der Waals surface area contributed by atoms with Gasteiger partial charge in [0.15, 0.2) is 18.4 Å². The average Bonchev–Trinajstić information content (AvgIpc) is 3.10. The Labute approximate surface area is 142 Å². The molecule has 0 amide bonds. The van der Waals surface area contributed by atoms with E-state index < -0.39 is 42.4 Å². The molecular formula is C14H16N4O7. The summed E-state index contributed by atoms with van der Waals surface area (Å²) in [6.45, 7) is 3.36. The zero-order chi connectivity index (χ0) is 18.6. The minimum absolute atomic E-state index is 0.113. The topological polar surface area (TPSA) is 143 Å². The van der Waals surface area contributed by atoms with E-state index >= 15 is 0 Å². The molecule has 4 atom stereocenters. The molecule has 0 aliphatic carbocycles. The molecule has 2 rings (SSSR count). The summed E-state index contributed by atoms with van der Waals surface area (Å²) < 4.78 is 22.2. The van der Waals surface area contributed by atoms with Gasteiger partial charge in [-0.05, 0) is 0 Å². The molecule has 1 aliphatic heterocycles. The van der Waals surface area contributed by atoms with Crippen LogP contribution in [0.1, 0.15) is 32.8 Å². The van der Waals surface area contributed by atoms with Crippen LogP contribution in [0.5, 0.6) is 0 Å². The van der Waals surface area contributed by atoms with Crippen LogP contribution in [0.15, 0.2) is 6.33 Å². The third-order valence-corrected chi connectivity index (χ3v) is 3.21. The molecule has 0 saturated carbocycles. The van der Waals surface area contributed by atoms with E-state index in [2.05, 4.69) is 10.1 Å². The molecule has 1 saturated heterocycles. The number of hydrogen-bond acceptors (Lipinski definition) is 10. The highest BCUT2D eigenvalue weighted by molar-refractivity contribution is 5.67. The van der Waals surface area contributed by atoms with Crippen LogP contribution >= 0.6 is 0 Å². The van der Waals surface area contributed by atoms with Gasteiger partial charge in [0.2, 0.25) is 0 Å². The maximum Gasteiger partial charge on any atom is 0.303 e. The zero-order valence-electron chi connectivity index (χ0n) is 13.7. The number of ether oxygens (including phenoxy) is 4. The lowest BCUT2D eigenvalue weighted by Crippen LogP contribution is -2.40. The van der Waals surface area contributed by atoms with Crippen molar-refractivity contribution < 1.29 is 33.3 Å². The summed E-state index contributed by atoms with van der Waals surface area (Å²) in [6, 6.07) is 1.76. The largest absolute Gasteiger partial charge is 0.463 e. The summed E-state index contributed by atoms with van der Waals surface area (Å²) in [5.74, 6) is -1.93. The number of esters is 3. The Morgan fingerprint density at radius 2 is 1.84 bits per heavy atom. The molecule has 0 radical (unpaired) electrons. The predicted octanol–water partition coefficient (Wildman–Crippen LogP) is -0.526. The number of nitriles is 1. The fourth-order valence-electron chi connectivity index (χ4n) is 2.35. The molecule has 0 N–H and O–H groups in total. The van der Waals surface area contributed by atoms with Crippen molar-refractivity contribution in [2.24, 2.45) is 0 Å². The lowest BCUT2D eigenvalue weighted by atomic mass is 10.1. The normalized spacial score (nSPS) is 25.0. The Hall–Kier alpha value is -3.00. The highest BCUT2D eigenvalue weighted by Gasteiger charge is 2.51. The van der Waals surface area contributed by atoms with E-state index in [1.807, 2.05) is 0 Å². The van der Waals surface area contributed by atoms with E-state index in [0.29, 0.717) is 0 Å². The first-order valence-corrected chi connectivity index (χ1v) is 7.26. The van der Waals surface area contributed by atoms with Crippen molar-refractivity contribution in [2.75, 3.05) is 6.61 Å². The number of rotatable bonds is 5. The molecule has 134 valence electrons. The first-order valence-electron chi connectivity index (χ1n) is 7.26. The second kappa shape index (κ2) is 7.71. The third kappa shape index (κ3) is 4.51. The van der Waals surface area contributed by atoms with Crippen molar-refractivity contribution in [2.45, 2.75) is 45.3 Å². The van der Waals surface area contributed by atoms with Gasteiger partial charge in [-0.1, -0.05) is 0 Å². The predicted molar refractivity (Wildman–Crippen MR) is 76.4 cm³/mol. The minimum atomic E-state index is -1.06. The second-order valence-corrected chi connectivity index (χ2v) is 5.18. The Morgan fingerprint density at radius 1 is 1.20 bits per heavy atom. The summed E-state index contributed by atoms with van der Waals surface area (Å²) in [5, 5.41) is 12.7. The number of nitrogens with zero attached hydrogens (tertiary/aromatic N) is 4. The molecule has 0 aromatic carbocycles. The smallest absolute Gasteiger partial charge is 0.303 e. The lowest BCUT2D eigenvalue weighted by molar-refractivity contribution is -0.166. The van der Waals surface area contributed by atoms with Crippen molar-refractivity contribution in [3.8, 4) is 6.07 Å². The molecular weight excluding hydrogens is 336 g/mol. The van der Waals surface area contributed by atoms with Gasteiger partial charge in [0, 0.05) is 20.8 Å². The summed E-state index contributed by atoms with van der Waals surface area (Å²) in [5.41, 5.74) is 0. The van der Waals surface area contributed by atoms with Gasteiger partial charge in [0.25, 0.3) is 5.82 Å². The number of carbonyl (C=O) groups is 3. The Bertz CT molecular complexity index is 710. The molecule has 11 nitrogen and oxygen atoms in total. The van der Waals surface area contributed by atoms with Crippen LogP contribution in [0.2, 0.25) is 0 Å². The van der Waals surface area contributed by atoms with Gasteiger partial charge in [-0.25, -0.2) is 9.67 Å². The maximum atomic E-state index is 11.4. The molecule has 1 fully saturated rings. The van der Waals surface area contributed by atoms with Crippen LogP contribution < -0.4 is 0 Å². The second-order valence-electron chi connectivity index (χ2n) is 5.18. The van der Waals surface area contributed by atoms with E-state index in [0.717, 1.165) is 0 Å². The van der Waals surface area contributed by atoms with Gasteiger partial charge in [0.1, 0.15) is 25.1 Å². The van der Waals surface area contributed by atoms with Crippen molar-refractivity contribution in [1.29, 1.82) is 5.26 Å². The van der Waals surface area contributed by atoms with Crippen molar-refractivity contribution >= 4 is 17.9 Å². The van der Waals surface area contributed by atoms with Crippen LogP contribution in [0, 0.1) is 11.3 Å². The molecule has 1 unspecified atom stereocenters. The first-order chi connectivity index (χ1) is 11.8. The average molecular weight is 352 g/mol. The summed E-state index contributed by atoms with van der Waals surface area (Å²) in [4.78, 5) is 37.6.